The smallest absolute Gasteiger partial charge is 0.307 e. The summed E-state index contributed by atoms with van der Waals surface area (Å²) >= 11 is 0. The fourth-order valence-electron chi connectivity index (χ4n) is 3.90. The number of nitrogens with zero attached hydrogens (tertiary/aromatic N) is 1. The summed E-state index contributed by atoms with van der Waals surface area (Å²) in [4.78, 5) is 11.4. The molecular weight excluding hydrogens is 362 g/mol. The quantitative estimate of drug-likeness (QED) is 0.490. The topological polar surface area (TPSA) is 51.5 Å². The van der Waals surface area contributed by atoms with E-state index in [0.29, 0.717) is 6.54 Å². The molecule has 0 aliphatic rings. The van der Waals surface area contributed by atoms with Gasteiger partial charge >= 0.3 is 5.97 Å². The SMILES string of the molecule is COc1ccc2c(c1)c(CC(=O)O)c(C)n2Cc1cccc(-c2ccccc2)c1. The lowest BCUT2D eigenvalue weighted by atomic mass is 10.0. The first-order chi connectivity index (χ1) is 14.1. The van der Waals surface area contributed by atoms with Crippen LogP contribution in [0.1, 0.15) is 16.8 Å². The highest BCUT2D eigenvalue weighted by molar-refractivity contribution is 5.90. The first-order valence-electron chi connectivity index (χ1n) is 9.58. The molecule has 0 saturated carbocycles. The second-order valence-corrected chi connectivity index (χ2v) is 7.17. The van der Waals surface area contributed by atoms with E-state index in [9.17, 15) is 9.90 Å². The van der Waals surface area contributed by atoms with Crippen LogP contribution in [0.25, 0.3) is 22.0 Å². The van der Waals surface area contributed by atoms with Crippen molar-refractivity contribution >= 4 is 16.9 Å². The molecule has 4 rings (SSSR count). The third-order valence-corrected chi connectivity index (χ3v) is 5.36. The molecule has 4 heteroatoms. The number of rotatable bonds is 6. The Bertz CT molecular complexity index is 1180. The summed E-state index contributed by atoms with van der Waals surface area (Å²) in [5, 5.41) is 10.3. The molecule has 4 nitrogen and oxygen atoms in total. The highest BCUT2D eigenvalue weighted by atomic mass is 16.5. The van der Waals surface area contributed by atoms with Crippen molar-refractivity contribution in [2.45, 2.75) is 19.9 Å². The van der Waals surface area contributed by atoms with Gasteiger partial charge in [0.05, 0.1) is 13.5 Å². The third-order valence-electron chi connectivity index (χ3n) is 5.36. The van der Waals surface area contributed by atoms with Crippen LogP contribution in [-0.4, -0.2) is 22.8 Å². The number of fused-ring (bicyclic) bond motifs is 1. The van der Waals surface area contributed by atoms with Crippen molar-refractivity contribution in [3.63, 3.8) is 0 Å². The summed E-state index contributed by atoms with van der Waals surface area (Å²) in [5.41, 5.74) is 6.35. The fourth-order valence-corrected chi connectivity index (χ4v) is 3.90. The molecule has 3 aromatic carbocycles. The lowest BCUT2D eigenvalue weighted by molar-refractivity contribution is -0.136. The molecule has 1 aromatic heterocycles. The number of hydrogen-bond donors (Lipinski definition) is 1. The van der Waals surface area contributed by atoms with Crippen molar-refractivity contribution in [1.82, 2.24) is 4.57 Å². The molecule has 0 fully saturated rings. The van der Waals surface area contributed by atoms with Crippen LogP contribution in [0.4, 0.5) is 0 Å². The number of methoxy groups -OCH3 is 1. The molecule has 0 spiro atoms. The standard InChI is InChI=1S/C25H23NO3/c1-17-22(15-25(27)28)23-14-21(29-2)11-12-24(23)26(17)16-18-7-6-10-20(13-18)19-8-4-3-5-9-19/h3-14H,15-16H2,1-2H3,(H,27,28). The van der Waals surface area contributed by atoms with Gasteiger partial charge in [-0.15, -0.1) is 0 Å². The van der Waals surface area contributed by atoms with Crippen LogP contribution in [0.15, 0.2) is 72.8 Å². The van der Waals surface area contributed by atoms with Gasteiger partial charge in [-0.2, -0.15) is 0 Å². The molecule has 146 valence electrons. The van der Waals surface area contributed by atoms with Gasteiger partial charge in [0, 0.05) is 23.1 Å². The van der Waals surface area contributed by atoms with Crippen LogP contribution in [-0.2, 0) is 17.8 Å². The normalized spacial score (nSPS) is 11.0. The molecule has 0 bridgehead atoms. The zero-order valence-electron chi connectivity index (χ0n) is 16.6. The molecule has 0 amide bonds. The third kappa shape index (κ3) is 3.74. The van der Waals surface area contributed by atoms with Gasteiger partial charge in [-0.3, -0.25) is 4.79 Å². The molecule has 29 heavy (non-hydrogen) atoms. The molecule has 0 radical (unpaired) electrons. The van der Waals surface area contributed by atoms with Crippen LogP contribution in [0.2, 0.25) is 0 Å². The van der Waals surface area contributed by atoms with E-state index >= 15 is 0 Å². The summed E-state index contributed by atoms with van der Waals surface area (Å²) < 4.78 is 7.55. The number of carbonyl (C=O) groups is 1. The summed E-state index contributed by atoms with van der Waals surface area (Å²) in [7, 11) is 1.62. The van der Waals surface area contributed by atoms with E-state index in [0.717, 1.165) is 27.9 Å². The fraction of sp³-hybridized carbons (Fsp3) is 0.160. The molecule has 1 heterocycles. The monoisotopic (exact) mass is 385 g/mol. The van der Waals surface area contributed by atoms with Crippen molar-refractivity contribution in [3.05, 3.63) is 89.6 Å². The molecule has 0 unspecified atom stereocenters. The number of aliphatic carboxylic acids is 1. The number of ether oxygens (including phenoxy) is 1. The number of carboxylic acids is 1. The van der Waals surface area contributed by atoms with Crippen molar-refractivity contribution < 1.29 is 14.6 Å². The Morgan fingerprint density at radius 3 is 2.45 bits per heavy atom. The number of carboxylic acid groups (broad SMARTS) is 1. The highest BCUT2D eigenvalue weighted by Gasteiger charge is 2.17. The van der Waals surface area contributed by atoms with E-state index in [4.69, 9.17) is 4.74 Å². The summed E-state index contributed by atoms with van der Waals surface area (Å²) in [6.45, 7) is 2.67. The molecular formula is C25H23NO3. The molecule has 1 N–H and O–H groups in total. The molecule has 0 aliphatic carbocycles. The Labute approximate surface area is 170 Å². The number of benzene rings is 3. The first kappa shape index (κ1) is 18.8. The van der Waals surface area contributed by atoms with Crippen molar-refractivity contribution in [2.24, 2.45) is 0 Å². The Balaban J connectivity index is 1.79. The second kappa shape index (κ2) is 7.84. The van der Waals surface area contributed by atoms with Crippen LogP contribution in [0, 0.1) is 6.92 Å². The van der Waals surface area contributed by atoms with E-state index in [1.807, 2.05) is 43.3 Å². The van der Waals surface area contributed by atoms with Crippen molar-refractivity contribution in [2.75, 3.05) is 7.11 Å². The highest BCUT2D eigenvalue weighted by Crippen LogP contribution is 2.31. The average Bonchev–Trinajstić information content (AvgIpc) is 2.99. The van der Waals surface area contributed by atoms with Gasteiger partial charge < -0.3 is 14.4 Å². The minimum atomic E-state index is -0.832. The van der Waals surface area contributed by atoms with Crippen molar-refractivity contribution in [1.29, 1.82) is 0 Å². The molecule has 0 atom stereocenters. The Morgan fingerprint density at radius 1 is 0.966 bits per heavy atom. The van der Waals surface area contributed by atoms with Gasteiger partial charge in [-0.05, 0) is 53.4 Å². The minimum Gasteiger partial charge on any atom is -0.497 e. The van der Waals surface area contributed by atoms with Gasteiger partial charge in [-0.1, -0.05) is 48.5 Å². The average molecular weight is 385 g/mol. The zero-order valence-corrected chi connectivity index (χ0v) is 16.6. The van der Waals surface area contributed by atoms with Gasteiger partial charge in [0.15, 0.2) is 0 Å². The Kier molecular flexibility index (Phi) is 5.09. The maximum atomic E-state index is 11.4. The van der Waals surface area contributed by atoms with Crippen molar-refractivity contribution in [3.8, 4) is 16.9 Å². The van der Waals surface area contributed by atoms with Gasteiger partial charge in [0.1, 0.15) is 5.75 Å². The molecule has 0 saturated heterocycles. The largest absolute Gasteiger partial charge is 0.497 e. The second-order valence-electron chi connectivity index (χ2n) is 7.17. The minimum absolute atomic E-state index is 0.00738. The van der Waals surface area contributed by atoms with Crippen LogP contribution in [0.3, 0.4) is 0 Å². The van der Waals surface area contributed by atoms with E-state index in [1.165, 1.54) is 16.7 Å². The van der Waals surface area contributed by atoms with Crippen LogP contribution in [0.5, 0.6) is 5.75 Å². The number of hydrogen-bond acceptors (Lipinski definition) is 2. The van der Waals surface area contributed by atoms with Crippen LogP contribution < -0.4 is 4.74 Å². The molecule has 0 aliphatic heterocycles. The van der Waals surface area contributed by atoms with Gasteiger partial charge in [0.2, 0.25) is 0 Å². The van der Waals surface area contributed by atoms with Gasteiger partial charge in [-0.25, -0.2) is 0 Å². The predicted octanol–water partition coefficient (Wildman–Crippen LogP) is 5.30. The van der Waals surface area contributed by atoms with E-state index in [-0.39, 0.29) is 6.42 Å². The maximum Gasteiger partial charge on any atom is 0.307 e. The first-order valence-corrected chi connectivity index (χ1v) is 9.58. The predicted molar refractivity (Wildman–Crippen MR) is 116 cm³/mol. The van der Waals surface area contributed by atoms with E-state index in [1.54, 1.807) is 7.11 Å². The van der Waals surface area contributed by atoms with E-state index in [2.05, 4.69) is 41.0 Å². The summed E-state index contributed by atoms with van der Waals surface area (Å²) in [6, 6.07) is 24.6. The van der Waals surface area contributed by atoms with Gasteiger partial charge in [0.25, 0.3) is 0 Å². The molecule has 4 aromatic rings. The lowest BCUT2D eigenvalue weighted by Gasteiger charge is -2.11. The Hall–Kier alpha value is -3.53. The number of aromatic nitrogens is 1. The van der Waals surface area contributed by atoms with E-state index < -0.39 is 5.97 Å². The maximum absolute atomic E-state index is 11.4. The summed E-state index contributed by atoms with van der Waals surface area (Å²) in [5.74, 6) is -0.103. The summed E-state index contributed by atoms with van der Waals surface area (Å²) in [6.07, 6.45) is -0.00738. The zero-order chi connectivity index (χ0) is 20.4. The Morgan fingerprint density at radius 2 is 1.72 bits per heavy atom. The lowest BCUT2D eigenvalue weighted by Crippen LogP contribution is -2.05. The van der Waals surface area contributed by atoms with Crippen LogP contribution >= 0.6 is 0 Å².